The SMILES string of the molecule is CCc1ccc(NC(=O)c2sc3ccc4ccccc4c3c2Cl)cc1. The van der Waals surface area contributed by atoms with Crippen LogP contribution in [0.4, 0.5) is 5.69 Å². The molecule has 0 fully saturated rings. The first-order valence-corrected chi connectivity index (χ1v) is 9.37. The van der Waals surface area contributed by atoms with E-state index in [1.807, 2.05) is 48.5 Å². The predicted octanol–water partition coefficient (Wildman–Crippen LogP) is 6.52. The smallest absolute Gasteiger partial charge is 0.267 e. The number of nitrogens with one attached hydrogen (secondary N) is 1. The highest BCUT2D eigenvalue weighted by Crippen LogP contribution is 2.40. The molecule has 0 unspecified atom stereocenters. The molecule has 1 N–H and O–H groups in total. The van der Waals surface area contributed by atoms with E-state index < -0.39 is 0 Å². The molecular weight excluding hydrogens is 350 g/mol. The lowest BCUT2D eigenvalue weighted by molar-refractivity contribution is 0.103. The Hall–Kier alpha value is -2.36. The van der Waals surface area contributed by atoms with Gasteiger partial charge in [-0.1, -0.05) is 61.0 Å². The zero-order valence-corrected chi connectivity index (χ0v) is 15.2. The fraction of sp³-hybridized carbons (Fsp3) is 0.0952. The van der Waals surface area contributed by atoms with E-state index in [-0.39, 0.29) is 5.91 Å². The minimum Gasteiger partial charge on any atom is -0.321 e. The van der Waals surface area contributed by atoms with Gasteiger partial charge >= 0.3 is 0 Å². The second kappa shape index (κ2) is 6.51. The first-order chi connectivity index (χ1) is 12.2. The van der Waals surface area contributed by atoms with E-state index in [9.17, 15) is 4.79 Å². The molecule has 0 saturated heterocycles. The summed E-state index contributed by atoms with van der Waals surface area (Å²) in [4.78, 5) is 13.3. The van der Waals surface area contributed by atoms with Gasteiger partial charge in [-0.05, 0) is 41.0 Å². The summed E-state index contributed by atoms with van der Waals surface area (Å²) in [6.07, 6.45) is 0.976. The largest absolute Gasteiger partial charge is 0.321 e. The molecular formula is C21H16ClNOS. The number of rotatable bonds is 3. The van der Waals surface area contributed by atoms with Crippen LogP contribution in [-0.2, 0) is 6.42 Å². The number of amides is 1. The van der Waals surface area contributed by atoms with Gasteiger partial charge in [0.25, 0.3) is 5.91 Å². The van der Waals surface area contributed by atoms with Crippen LogP contribution in [0.25, 0.3) is 20.9 Å². The number of carbonyl (C=O) groups excluding carboxylic acids is 1. The number of fused-ring (bicyclic) bond motifs is 3. The lowest BCUT2D eigenvalue weighted by Crippen LogP contribution is -2.10. The summed E-state index contributed by atoms with van der Waals surface area (Å²) < 4.78 is 1.02. The molecule has 0 saturated carbocycles. The third-order valence-electron chi connectivity index (χ3n) is 4.35. The van der Waals surface area contributed by atoms with Crippen LogP contribution in [0.15, 0.2) is 60.7 Å². The maximum absolute atomic E-state index is 12.7. The molecule has 0 bridgehead atoms. The van der Waals surface area contributed by atoms with E-state index in [4.69, 9.17) is 11.6 Å². The van der Waals surface area contributed by atoms with Crippen molar-refractivity contribution in [3.8, 4) is 0 Å². The maximum Gasteiger partial charge on any atom is 0.267 e. The van der Waals surface area contributed by atoms with E-state index in [0.717, 1.165) is 33.0 Å². The molecule has 0 aliphatic rings. The molecule has 4 rings (SSSR count). The standard InChI is InChI=1S/C21H16ClNOS/c1-2-13-7-10-15(11-8-13)23-21(24)20-19(22)18-16-6-4-3-5-14(16)9-12-17(18)25-20/h3-12H,2H2,1H3,(H,23,24). The fourth-order valence-corrected chi connectivity index (χ4v) is 4.46. The fourth-order valence-electron chi connectivity index (χ4n) is 2.99. The van der Waals surface area contributed by atoms with Crippen molar-refractivity contribution in [2.45, 2.75) is 13.3 Å². The van der Waals surface area contributed by atoms with E-state index in [1.54, 1.807) is 0 Å². The minimum absolute atomic E-state index is 0.167. The Morgan fingerprint density at radius 2 is 1.80 bits per heavy atom. The van der Waals surface area contributed by atoms with Crippen LogP contribution in [0.3, 0.4) is 0 Å². The molecule has 1 aromatic heterocycles. The van der Waals surface area contributed by atoms with Crippen LogP contribution < -0.4 is 5.32 Å². The number of hydrogen-bond acceptors (Lipinski definition) is 2. The van der Waals surface area contributed by atoms with Gasteiger partial charge in [-0.3, -0.25) is 4.79 Å². The third-order valence-corrected chi connectivity index (χ3v) is 5.99. The zero-order chi connectivity index (χ0) is 17.4. The Morgan fingerprint density at radius 1 is 1.04 bits per heavy atom. The van der Waals surface area contributed by atoms with Crippen molar-refractivity contribution in [3.05, 3.63) is 76.1 Å². The zero-order valence-electron chi connectivity index (χ0n) is 13.7. The third kappa shape index (κ3) is 2.90. The van der Waals surface area contributed by atoms with Gasteiger partial charge in [0.2, 0.25) is 0 Å². The molecule has 0 radical (unpaired) electrons. The highest BCUT2D eigenvalue weighted by atomic mass is 35.5. The molecule has 4 heteroatoms. The van der Waals surface area contributed by atoms with Gasteiger partial charge in [-0.25, -0.2) is 0 Å². The van der Waals surface area contributed by atoms with Crippen LogP contribution in [0, 0.1) is 0 Å². The Bertz CT molecular complexity index is 1080. The summed E-state index contributed by atoms with van der Waals surface area (Å²) in [5, 5.41) is 6.63. The van der Waals surface area contributed by atoms with Gasteiger partial charge in [0.15, 0.2) is 0 Å². The van der Waals surface area contributed by atoms with Crippen LogP contribution in [0.5, 0.6) is 0 Å². The lowest BCUT2D eigenvalue weighted by Gasteiger charge is -2.05. The van der Waals surface area contributed by atoms with Crippen LogP contribution in [-0.4, -0.2) is 5.91 Å². The Morgan fingerprint density at radius 3 is 2.56 bits per heavy atom. The van der Waals surface area contributed by atoms with E-state index in [2.05, 4.69) is 24.4 Å². The molecule has 1 heterocycles. The monoisotopic (exact) mass is 365 g/mol. The molecule has 124 valence electrons. The molecule has 0 atom stereocenters. The average molecular weight is 366 g/mol. The second-order valence-electron chi connectivity index (χ2n) is 5.91. The van der Waals surface area contributed by atoms with Gasteiger partial charge in [0.05, 0.1) is 5.02 Å². The van der Waals surface area contributed by atoms with Crippen LogP contribution >= 0.6 is 22.9 Å². The number of carbonyl (C=O) groups is 1. The summed E-state index contributed by atoms with van der Waals surface area (Å²) in [6, 6.07) is 20.1. The molecule has 2 nitrogen and oxygen atoms in total. The van der Waals surface area contributed by atoms with E-state index in [0.29, 0.717) is 9.90 Å². The highest BCUT2D eigenvalue weighted by molar-refractivity contribution is 7.22. The average Bonchev–Trinajstić information content (AvgIpc) is 3.00. The first-order valence-electron chi connectivity index (χ1n) is 8.17. The molecule has 0 spiro atoms. The molecule has 1 amide bonds. The van der Waals surface area contributed by atoms with Crippen LogP contribution in [0.2, 0.25) is 5.02 Å². The number of halogens is 1. The van der Waals surface area contributed by atoms with Gasteiger partial charge in [-0.2, -0.15) is 0 Å². The van der Waals surface area contributed by atoms with Crippen molar-refractivity contribution in [1.82, 2.24) is 0 Å². The quantitative estimate of drug-likeness (QED) is 0.439. The van der Waals surface area contributed by atoms with Gasteiger partial charge in [-0.15, -0.1) is 11.3 Å². The number of aryl methyl sites for hydroxylation is 1. The Balaban J connectivity index is 1.74. The summed E-state index contributed by atoms with van der Waals surface area (Å²) in [7, 11) is 0. The Labute approximate surface area is 155 Å². The molecule has 25 heavy (non-hydrogen) atoms. The number of hydrogen-bond donors (Lipinski definition) is 1. The van der Waals surface area contributed by atoms with Crippen molar-refractivity contribution < 1.29 is 4.79 Å². The molecule has 0 aliphatic heterocycles. The number of thiophene rings is 1. The summed E-state index contributed by atoms with van der Waals surface area (Å²) in [5.41, 5.74) is 2.02. The van der Waals surface area contributed by atoms with E-state index >= 15 is 0 Å². The maximum atomic E-state index is 12.7. The molecule has 3 aromatic carbocycles. The van der Waals surface area contributed by atoms with Gasteiger partial charge in [0, 0.05) is 15.8 Å². The van der Waals surface area contributed by atoms with Gasteiger partial charge < -0.3 is 5.32 Å². The van der Waals surface area contributed by atoms with Gasteiger partial charge in [0.1, 0.15) is 4.88 Å². The van der Waals surface area contributed by atoms with Crippen molar-refractivity contribution in [3.63, 3.8) is 0 Å². The van der Waals surface area contributed by atoms with Crippen molar-refractivity contribution in [1.29, 1.82) is 0 Å². The Kier molecular flexibility index (Phi) is 4.20. The number of benzene rings is 3. The highest BCUT2D eigenvalue weighted by Gasteiger charge is 2.18. The molecule has 4 aromatic rings. The van der Waals surface area contributed by atoms with Crippen molar-refractivity contribution >= 4 is 55.4 Å². The first kappa shape index (κ1) is 16.1. The van der Waals surface area contributed by atoms with E-state index in [1.165, 1.54) is 16.9 Å². The van der Waals surface area contributed by atoms with Crippen molar-refractivity contribution in [2.75, 3.05) is 5.32 Å². The minimum atomic E-state index is -0.167. The lowest BCUT2D eigenvalue weighted by atomic mass is 10.1. The van der Waals surface area contributed by atoms with Crippen LogP contribution in [0.1, 0.15) is 22.2 Å². The topological polar surface area (TPSA) is 29.1 Å². The summed E-state index contributed by atoms with van der Waals surface area (Å²) in [6.45, 7) is 2.11. The predicted molar refractivity (Wildman–Crippen MR) is 108 cm³/mol. The normalized spacial score (nSPS) is 11.1. The summed E-state index contributed by atoms with van der Waals surface area (Å²) >= 11 is 8.02. The summed E-state index contributed by atoms with van der Waals surface area (Å²) in [5.74, 6) is -0.167. The van der Waals surface area contributed by atoms with Crippen molar-refractivity contribution in [2.24, 2.45) is 0 Å². The molecule has 0 aliphatic carbocycles. The second-order valence-corrected chi connectivity index (χ2v) is 7.34. The number of anilines is 1.